The zero-order chi connectivity index (χ0) is 25.7. The minimum absolute atomic E-state index is 0.0596. The molecule has 202 valence electrons. The quantitative estimate of drug-likeness (QED) is 0.384. The summed E-state index contributed by atoms with van der Waals surface area (Å²) in [5, 5.41) is 14.2. The molecule has 6 heteroatoms. The number of nitrogens with zero attached hydrogens (tertiary/aromatic N) is 1. The van der Waals surface area contributed by atoms with E-state index in [4.69, 9.17) is 9.47 Å². The second-order valence-electron chi connectivity index (χ2n) is 11.9. The average Bonchev–Trinajstić information content (AvgIpc) is 3.39. The van der Waals surface area contributed by atoms with Gasteiger partial charge in [0.05, 0.1) is 0 Å². The van der Waals surface area contributed by atoms with Crippen molar-refractivity contribution >= 4 is 5.91 Å². The van der Waals surface area contributed by atoms with Gasteiger partial charge in [-0.3, -0.25) is 4.79 Å². The van der Waals surface area contributed by atoms with E-state index in [1.807, 2.05) is 6.07 Å². The lowest BCUT2D eigenvalue weighted by atomic mass is 9.77. The molecule has 1 saturated heterocycles. The highest BCUT2D eigenvalue weighted by atomic mass is 16.6. The molecule has 1 amide bonds. The first kappa shape index (κ1) is 26.4. The molecule has 1 aromatic carbocycles. The zero-order valence-electron chi connectivity index (χ0n) is 22.5. The predicted molar refractivity (Wildman–Crippen MR) is 145 cm³/mol. The lowest BCUT2D eigenvalue weighted by Crippen LogP contribution is -2.44. The van der Waals surface area contributed by atoms with Crippen LogP contribution in [0.1, 0.15) is 76.7 Å². The molecular formula is C31H44N2O4. The number of fused-ring (bicyclic) bond motifs is 1. The number of hydrogen-bond donors (Lipinski definition) is 2. The molecule has 2 aliphatic carbocycles. The number of carbonyl (C=O) groups excluding carboxylic acids is 1. The monoisotopic (exact) mass is 508 g/mol. The summed E-state index contributed by atoms with van der Waals surface area (Å²) in [5.41, 5.74) is 0.333. The van der Waals surface area contributed by atoms with E-state index >= 15 is 0 Å². The number of benzene rings is 1. The highest BCUT2D eigenvalue weighted by molar-refractivity contribution is 5.76. The van der Waals surface area contributed by atoms with Crippen LogP contribution >= 0.6 is 0 Å². The Kier molecular flexibility index (Phi) is 8.62. The minimum Gasteiger partial charge on any atom is -0.486 e. The first-order valence-electron chi connectivity index (χ1n) is 14.6. The van der Waals surface area contributed by atoms with Crippen molar-refractivity contribution in [3.8, 4) is 23.3 Å². The van der Waals surface area contributed by atoms with E-state index in [2.05, 4.69) is 41.1 Å². The van der Waals surface area contributed by atoms with E-state index in [0.29, 0.717) is 26.1 Å². The van der Waals surface area contributed by atoms with Crippen LogP contribution in [0.4, 0.5) is 0 Å². The molecule has 37 heavy (non-hydrogen) atoms. The van der Waals surface area contributed by atoms with E-state index in [0.717, 1.165) is 93.0 Å². The molecule has 2 heterocycles. The van der Waals surface area contributed by atoms with Gasteiger partial charge in [-0.15, -0.1) is 5.92 Å². The number of nitrogens with one attached hydrogen (secondary N) is 1. The number of aliphatic hydroxyl groups is 1. The van der Waals surface area contributed by atoms with E-state index < -0.39 is 5.60 Å². The van der Waals surface area contributed by atoms with Crippen molar-refractivity contribution in [1.82, 2.24) is 10.2 Å². The highest BCUT2D eigenvalue weighted by Gasteiger charge is 2.43. The highest BCUT2D eigenvalue weighted by Crippen LogP contribution is 2.50. The Morgan fingerprint density at radius 1 is 1.19 bits per heavy atom. The maximum absolute atomic E-state index is 12.8. The van der Waals surface area contributed by atoms with Crippen molar-refractivity contribution in [1.29, 1.82) is 0 Å². The van der Waals surface area contributed by atoms with Crippen LogP contribution in [0.3, 0.4) is 0 Å². The van der Waals surface area contributed by atoms with Gasteiger partial charge in [-0.05, 0) is 106 Å². The number of unbranched alkanes of at least 4 members (excludes halogenated alkanes) is 1. The summed E-state index contributed by atoms with van der Waals surface area (Å²) in [5.74, 6) is 10.6. The first-order chi connectivity index (χ1) is 18.0. The molecule has 5 rings (SSSR count). The summed E-state index contributed by atoms with van der Waals surface area (Å²) in [6, 6.07) is 6.17. The van der Waals surface area contributed by atoms with Crippen LogP contribution < -0.4 is 14.8 Å². The van der Waals surface area contributed by atoms with Gasteiger partial charge in [0.2, 0.25) is 5.91 Å². The van der Waals surface area contributed by atoms with Crippen molar-refractivity contribution in [3.05, 3.63) is 23.8 Å². The molecule has 0 radical (unpaired) electrons. The lowest BCUT2D eigenvalue weighted by molar-refractivity contribution is -0.122. The molecule has 2 aliphatic heterocycles. The third-order valence-corrected chi connectivity index (χ3v) is 8.79. The van der Waals surface area contributed by atoms with E-state index in [1.165, 1.54) is 19.3 Å². The fourth-order valence-electron chi connectivity index (χ4n) is 6.48. The van der Waals surface area contributed by atoms with E-state index in [9.17, 15) is 9.90 Å². The van der Waals surface area contributed by atoms with Crippen molar-refractivity contribution in [2.24, 2.45) is 17.8 Å². The molecule has 0 aromatic heterocycles. The number of amides is 1. The Morgan fingerprint density at radius 2 is 1.92 bits per heavy atom. The second-order valence-corrected chi connectivity index (χ2v) is 11.9. The fourth-order valence-corrected chi connectivity index (χ4v) is 6.48. The van der Waals surface area contributed by atoms with Crippen LogP contribution in [0.25, 0.3) is 0 Å². The summed E-state index contributed by atoms with van der Waals surface area (Å²) in [4.78, 5) is 15.3. The smallest absolute Gasteiger partial charge is 0.220 e. The first-order valence-corrected chi connectivity index (χ1v) is 14.6. The number of ether oxygens (including phenoxy) is 2. The summed E-state index contributed by atoms with van der Waals surface area (Å²) in [7, 11) is 0. The molecular weight excluding hydrogens is 464 g/mol. The molecule has 2 saturated carbocycles. The normalized spacial score (nSPS) is 29.7. The third-order valence-electron chi connectivity index (χ3n) is 8.79. The van der Waals surface area contributed by atoms with Crippen LogP contribution in [0, 0.1) is 29.6 Å². The summed E-state index contributed by atoms with van der Waals surface area (Å²) in [6.45, 7) is 6.58. The van der Waals surface area contributed by atoms with Gasteiger partial charge in [0.1, 0.15) is 18.8 Å². The zero-order valence-corrected chi connectivity index (χ0v) is 22.5. The van der Waals surface area contributed by atoms with Gasteiger partial charge < -0.3 is 24.8 Å². The summed E-state index contributed by atoms with van der Waals surface area (Å²) >= 11 is 0. The largest absolute Gasteiger partial charge is 0.486 e. The maximum Gasteiger partial charge on any atom is 0.220 e. The van der Waals surface area contributed by atoms with Crippen molar-refractivity contribution < 1.29 is 19.4 Å². The number of likely N-dealkylation sites (tertiary alicyclic amines) is 1. The average molecular weight is 509 g/mol. The van der Waals surface area contributed by atoms with Crippen molar-refractivity contribution in [2.45, 2.75) is 89.2 Å². The number of rotatable bonds is 9. The summed E-state index contributed by atoms with van der Waals surface area (Å²) < 4.78 is 11.4. The molecule has 3 unspecified atom stereocenters. The summed E-state index contributed by atoms with van der Waals surface area (Å²) in [6.07, 6.45) is 10.2. The molecule has 4 aliphatic rings. The molecule has 0 bridgehead atoms. The molecule has 3 atom stereocenters. The molecule has 1 aromatic rings. The van der Waals surface area contributed by atoms with Crippen LogP contribution in [0.15, 0.2) is 18.2 Å². The molecule has 2 N–H and O–H groups in total. The second kappa shape index (κ2) is 12.1. The van der Waals surface area contributed by atoms with Gasteiger partial charge in [0.15, 0.2) is 11.5 Å². The van der Waals surface area contributed by atoms with Gasteiger partial charge in [0.25, 0.3) is 0 Å². The fraction of sp³-hybridized carbons (Fsp3) is 0.710. The number of carbonyl (C=O) groups is 1. The van der Waals surface area contributed by atoms with Crippen LogP contribution in [-0.4, -0.2) is 60.4 Å². The molecule has 3 fully saturated rings. The van der Waals surface area contributed by atoms with E-state index in [1.54, 1.807) is 0 Å². The van der Waals surface area contributed by atoms with Gasteiger partial charge in [-0.25, -0.2) is 0 Å². The minimum atomic E-state index is -0.818. The Labute approximate surface area is 222 Å². The maximum atomic E-state index is 12.8. The van der Waals surface area contributed by atoms with E-state index in [-0.39, 0.29) is 11.9 Å². The van der Waals surface area contributed by atoms with Gasteiger partial charge in [-0.1, -0.05) is 18.9 Å². The van der Waals surface area contributed by atoms with Gasteiger partial charge in [-0.2, -0.15) is 0 Å². The Bertz CT molecular complexity index is 985. The Hall–Kier alpha value is -2.23. The van der Waals surface area contributed by atoms with Crippen LogP contribution in [0.5, 0.6) is 11.5 Å². The third kappa shape index (κ3) is 7.42. The predicted octanol–water partition coefficient (Wildman–Crippen LogP) is 4.33. The Morgan fingerprint density at radius 3 is 2.65 bits per heavy atom. The van der Waals surface area contributed by atoms with Crippen molar-refractivity contribution in [3.63, 3.8) is 0 Å². The lowest BCUT2D eigenvalue weighted by Gasteiger charge is -2.32. The van der Waals surface area contributed by atoms with Crippen LogP contribution in [-0.2, 0) is 11.2 Å². The van der Waals surface area contributed by atoms with Crippen LogP contribution in [0.2, 0.25) is 0 Å². The SMILES string of the molecule is CC1CC1C1CCC(O)(C#CCCCC(=O)NC(Cc2ccc3c(c2)OCCO3)CN2CCCC2)CC1. The standard InChI is InChI=1S/C31H44N2O4/c1-23-19-27(23)25-10-13-31(35,14-11-25)12-4-2-3-7-30(34)32-26(22-33-15-5-6-16-33)20-24-8-9-28-29(21-24)37-18-17-36-28/h8-9,21,23,25-27,35H,2-3,5-7,10-11,13-20,22H2,1H3,(H,32,34). The number of hydrogen-bond acceptors (Lipinski definition) is 5. The van der Waals surface area contributed by atoms with Gasteiger partial charge >= 0.3 is 0 Å². The topological polar surface area (TPSA) is 71.0 Å². The molecule has 0 spiro atoms. The molecule has 6 nitrogen and oxygen atoms in total. The van der Waals surface area contributed by atoms with Gasteiger partial charge in [0, 0.05) is 25.4 Å². The Balaban J connectivity index is 1.08. The van der Waals surface area contributed by atoms with Crippen molar-refractivity contribution in [2.75, 3.05) is 32.8 Å².